The summed E-state index contributed by atoms with van der Waals surface area (Å²) in [6.07, 6.45) is 4.72. The number of carboxylic acid groups (broad SMARTS) is 1. The third-order valence-corrected chi connectivity index (χ3v) is 3.09. The SMILES string of the molecule is O=C(O)c1cn(CCNc2nncc3ccccc23)cn1. The van der Waals surface area contributed by atoms with E-state index in [0.717, 1.165) is 10.8 Å². The van der Waals surface area contributed by atoms with Gasteiger partial charge in [0.1, 0.15) is 0 Å². The number of nitrogens with one attached hydrogen (secondary N) is 1. The van der Waals surface area contributed by atoms with Crippen LogP contribution in [0, 0.1) is 0 Å². The van der Waals surface area contributed by atoms with Crippen molar-refractivity contribution in [1.29, 1.82) is 0 Å². The monoisotopic (exact) mass is 283 g/mol. The zero-order valence-corrected chi connectivity index (χ0v) is 11.1. The molecule has 3 rings (SSSR count). The maximum Gasteiger partial charge on any atom is 0.356 e. The molecule has 2 heterocycles. The second-order valence-electron chi connectivity index (χ2n) is 4.51. The lowest BCUT2D eigenvalue weighted by molar-refractivity contribution is 0.0691. The lowest BCUT2D eigenvalue weighted by Gasteiger charge is -2.08. The van der Waals surface area contributed by atoms with Crippen molar-refractivity contribution in [2.45, 2.75) is 6.54 Å². The van der Waals surface area contributed by atoms with Gasteiger partial charge < -0.3 is 15.0 Å². The Bertz CT molecular complexity index is 778. The summed E-state index contributed by atoms with van der Waals surface area (Å²) in [5.74, 6) is -0.312. The first kappa shape index (κ1) is 13.0. The Hall–Kier alpha value is -2.96. The van der Waals surface area contributed by atoms with Crippen LogP contribution in [0.15, 0.2) is 43.0 Å². The summed E-state index contributed by atoms with van der Waals surface area (Å²) in [7, 11) is 0. The van der Waals surface area contributed by atoms with E-state index in [1.165, 1.54) is 12.5 Å². The van der Waals surface area contributed by atoms with E-state index >= 15 is 0 Å². The van der Waals surface area contributed by atoms with Crippen LogP contribution >= 0.6 is 0 Å². The van der Waals surface area contributed by atoms with Crippen LogP contribution in [-0.4, -0.2) is 37.4 Å². The number of hydrogen-bond donors (Lipinski definition) is 2. The minimum absolute atomic E-state index is 0.0416. The Morgan fingerprint density at radius 1 is 1.33 bits per heavy atom. The molecule has 106 valence electrons. The maximum atomic E-state index is 10.7. The van der Waals surface area contributed by atoms with E-state index in [2.05, 4.69) is 20.5 Å². The lowest BCUT2D eigenvalue weighted by Crippen LogP contribution is -2.11. The number of carboxylic acids is 1. The van der Waals surface area contributed by atoms with E-state index in [1.54, 1.807) is 10.8 Å². The molecule has 0 atom stereocenters. The van der Waals surface area contributed by atoms with Gasteiger partial charge >= 0.3 is 5.97 Å². The summed E-state index contributed by atoms with van der Waals surface area (Å²) >= 11 is 0. The van der Waals surface area contributed by atoms with Crippen molar-refractivity contribution in [3.63, 3.8) is 0 Å². The molecule has 0 fully saturated rings. The molecule has 7 heteroatoms. The molecule has 0 radical (unpaired) electrons. The van der Waals surface area contributed by atoms with Crippen LogP contribution in [0.3, 0.4) is 0 Å². The van der Waals surface area contributed by atoms with Crippen LogP contribution in [0.1, 0.15) is 10.5 Å². The van der Waals surface area contributed by atoms with E-state index < -0.39 is 5.97 Å². The number of imidazole rings is 1. The molecule has 0 saturated heterocycles. The second kappa shape index (κ2) is 5.58. The van der Waals surface area contributed by atoms with Crippen LogP contribution in [0.5, 0.6) is 0 Å². The van der Waals surface area contributed by atoms with E-state index in [1.807, 2.05) is 24.3 Å². The first-order valence-corrected chi connectivity index (χ1v) is 6.43. The first-order chi connectivity index (χ1) is 10.2. The standard InChI is InChI=1S/C14H13N5O2/c20-14(21)12-8-19(9-16-12)6-5-15-13-11-4-2-1-3-10(11)7-17-18-13/h1-4,7-9H,5-6H2,(H,15,18)(H,20,21). The fraction of sp³-hybridized carbons (Fsp3) is 0.143. The Labute approximate surface area is 120 Å². The van der Waals surface area contributed by atoms with Gasteiger partial charge in [-0.05, 0) is 0 Å². The quantitative estimate of drug-likeness (QED) is 0.739. The molecule has 0 spiro atoms. The summed E-state index contributed by atoms with van der Waals surface area (Å²) < 4.78 is 1.72. The van der Waals surface area contributed by atoms with Gasteiger partial charge in [0.05, 0.1) is 12.5 Å². The van der Waals surface area contributed by atoms with E-state index in [0.29, 0.717) is 18.9 Å². The first-order valence-electron chi connectivity index (χ1n) is 6.43. The number of nitrogens with zero attached hydrogens (tertiary/aromatic N) is 4. The van der Waals surface area contributed by atoms with Gasteiger partial charge in [0, 0.05) is 30.1 Å². The Morgan fingerprint density at radius 2 is 2.19 bits per heavy atom. The Morgan fingerprint density at radius 3 is 3.00 bits per heavy atom. The molecule has 0 aliphatic carbocycles. The summed E-state index contributed by atoms with van der Waals surface area (Å²) in [6.45, 7) is 1.18. The van der Waals surface area contributed by atoms with Crippen molar-refractivity contribution >= 4 is 22.6 Å². The average Bonchev–Trinajstić information content (AvgIpc) is 2.97. The minimum atomic E-state index is -1.03. The van der Waals surface area contributed by atoms with Crippen LogP contribution in [0.25, 0.3) is 10.8 Å². The smallest absolute Gasteiger partial charge is 0.356 e. The van der Waals surface area contributed by atoms with Gasteiger partial charge in [-0.2, -0.15) is 5.10 Å². The van der Waals surface area contributed by atoms with Crippen LogP contribution < -0.4 is 5.32 Å². The summed E-state index contributed by atoms with van der Waals surface area (Å²) in [5, 5.41) is 22.1. The molecular weight excluding hydrogens is 270 g/mol. The minimum Gasteiger partial charge on any atom is -0.476 e. The molecule has 2 N–H and O–H groups in total. The maximum absolute atomic E-state index is 10.7. The molecule has 0 aliphatic rings. The Balaban J connectivity index is 1.68. The predicted octanol–water partition coefficient (Wildman–Crippen LogP) is 1.64. The highest BCUT2D eigenvalue weighted by Crippen LogP contribution is 2.18. The van der Waals surface area contributed by atoms with Gasteiger partial charge in [-0.25, -0.2) is 9.78 Å². The predicted molar refractivity (Wildman–Crippen MR) is 77.2 cm³/mol. The molecule has 0 amide bonds. The van der Waals surface area contributed by atoms with Gasteiger partial charge in [-0.3, -0.25) is 0 Å². The number of rotatable bonds is 5. The van der Waals surface area contributed by atoms with Crippen molar-refractivity contribution < 1.29 is 9.90 Å². The van der Waals surface area contributed by atoms with Crippen LogP contribution in [-0.2, 0) is 6.54 Å². The van der Waals surface area contributed by atoms with Gasteiger partial charge in [0.2, 0.25) is 0 Å². The van der Waals surface area contributed by atoms with E-state index in [9.17, 15) is 4.79 Å². The van der Waals surface area contributed by atoms with Crippen LogP contribution in [0.4, 0.5) is 5.82 Å². The highest BCUT2D eigenvalue weighted by molar-refractivity contribution is 5.90. The van der Waals surface area contributed by atoms with E-state index in [4.69, 9.17) is 5.11 Å². The topological polar surface area (TPSA) is 92.9 Å². The molecule has 0 unspecified atom stereocenters. The van der Waals surface area contributed by atoms with E-state index in [-0.39, 0.29) is 5.69 Å². The van der Waals surface area contributed by atoms with Crippen molar-refractivity contribution in [3.05, 3.63) is 48.7 Å². The molecule has 7 nitrogen and oxygen atoms in total. The number of hydrogen-bond acceptors (Lipinski definition) is 5. The molecular formula is C14H13N5O2. The number of aromatic carboxylic acids is 1. The molecule has 0 aliphatic heterocycles. The van der Waals surface area contributed by atoms with Gasteiger partial charge in [-0.1, -0.05) is 24.3 Å². The van der Waals surface area contributed by atoms with Gasteiger partial charge in [0.25, 0.3) is 0 Å². The molecule has 0 bridgehead atoms. The summed E-state index contributed by atoms with van der Waals surface area (Å²) in [4.78, 5) is 14.5. The van der Waals surface area contributed by atoms with Gasteiger partial charge in [0.15, 0.2) is 11.5 Å². The molecule has 0 saturated carbocycles. The van der Waals surface area contributed by atoms with Gasteiger partial charge in [-0.15, -0.1) is 5.10 Å². The zero-order chi connectivity index (χ0) is 14.7. The normalized spacial score (nSPS) is 10.7. The average molecular weight is 283 g/mol. The van der Waals surface area contributed by atoms with Crippen molar-refractivity contribution in [2.75, 3.05) is 11.9 Å². The third-order valence-electron chi connectivity index (χ3n) is 3.09. The zero-order valence-electron chi connectivity index (χ0n) is 11.1. The number of carbonyl (C=O) groups is 1. The molecule has 2 aromatic heterocycles. The summed E-state index contributed by atoms with van der Waals surface area (Å²) in [6, 6.07) is 7.85. The number of benzene rings is 1. The molecule has 3 aromatic rings. The van der Waals surface area contributed by atoms with Crippen LogP contribution in [0.2, 0.25) is 0 Å². The molecule has 1 aromatic carbocycles. The Kier molecular flexibility index (Phi) is 3.46. The lowest BCUT2D eigenvalue weighted by atomic mass is 10.2. The highest BCUT2D eigenvalue weighted by Gasteiger charge is 2.06. The summed E-state index contributed by atoms with van der Waals surface area (Å²) in [5.41, 5.74) is 0.0416. The molecule has 21 heavy (non-hydrogen) atoms. The van der Waals surface area contributed by atoms with Crippen molar-refractivity contribution in [1.82, 2.24) is 19.7 Å². The highest BCUT2D eigenvalue weighted by atomic mass is 16.4. The largest absolute Gasteiger partial charge is 0.476 e. The fourth-order valence-electron chi connectivity index (χ4n) is 2.05. The number of anilines is 1. The second-order valence-corrected chi connectivity index (χ2v) is 4.51. The fourth-order valence-corrected chi connectivity index (χ4v) is 2.05. The van der Waals surface area contributed by atoms with Crippen molar-refractivity contribution in [3.8, 4) is 0 Å². The number of aromatic nitrogens is 4. The third kappa shape index (κ3) is 2.81. The van der Waals surface area contributed by atoms with Crippen molar-refractivity contribution in [2.24, 2.45) is 0 Å². The number of fused-ring (bicyclic) bond motifs is 1.